The second kappa shape index (κ2) is 22.7. The highest BCUT2D eigenvalue weighted by Gasteiger charge is 2.52. The molecule has 2 N–H and O–H groups in total. The Labute approximate surface area is 402 Å². The molecule has 2 heterocycles. The number of carbonyl (C=O) groups excluding carboxylic acids is 2. The van der Waals surface area contributed by atoms with E-state index in [2.05, 4.69) is 39.1 Å². The van der Waals surface area contributed by atoms with Crippen molar-refractivity contribution in [3.8, 4) is 0 Å². The van der Waals surface area contributed by atoms with Crippen molar-refractivity contribution in [3.63, 3.8) is 0 Å². The first-order chi connectivity index (χ1) is 30.4. The fourth-order valence-electron chi connectivity index (χ4n) is 10.3. The normalized spacial score (nSPS) is 25.4. The number of benzene rings is 4. The predicted octanol–water partition coefficient (Wildman–Crippen LogP) is 14.4. The number of nitrogens with zero attached hydrogens (tertiary/aromatic N) is 2. The summed E-state index contributed by atoms with van der Waals surface area (Å²) in [5, 5.41) is 23.1. The summed E-state index contributed by atoms with van der Waals surface area (Å²) in [5.41, 5.74) is 3.14. The van der Waals surface area contributed by atoms with E-state index in [1.165, 1.54) is 0 Å². The van der Waals surface area contributed by atoms with Crippen LogP contribution >= 0.6 is 46.4 Å². The molecule has 0 radical (unpaired) electrons. The molecule has 10 heteroatoms. The Morgan fingerprint density at radius 3 is 1.22 bits per heavy atom. The number of likely N-dealkylation sites (tertiary alicyclic amines) is 2. The minimum Gasteiger partial charge on any atom is -0.393 e. The van der Waals surface area contributed by atoms with Crippen LogP contribution in [0.25, 0.3) is 0 Å². The molecule has 0 spiro atoms. The number of halogens is 4. The van der Waals surface area contributed by atoms with Crippen molar-refractivity contribution < 1.29 is 19.8 Å². The largest absolute Gasteiger partial charge is 0.393 e. The monoisotopic (exact) mass is 946 g/mol. The number of carbonyl (C=O) groups is 2. The van der Waals surface area contributed by atoms with Crippen LogP contribution < -0.4 is 0 Å². The highest BCUT2D eigenvalue weighted by Crippen LogP contribution is 2.54. The fourth-order valence-corrected chi connectivity index (χ4v) is 11.0. The zero-order valence-corrected chi connectivity index (χ0v) is 41.2. The molecule has 344 valence electrons. The number of hydrogen-bond donors (Lipinski definition) is 2. The molecule has 2 amide bonds. The number of aliphatic hydroxyl groups excluding tert-OH is 2. The van der Waals surface area contributed by atoms with Crippen LogP contribution in [0.1, 0.15) is 139 Å². The lowest BCUT2D eigenvalue weighted by Gasteiger charge is -2.52. The van der Waals surface area contributed by atoms with E-state index in [-0.39, 0.29) is 47.8 Å². The summed E-state index contributed by atoms with van der Waals surface area (Å²) in [6, 6.07) is 30.9. The maximum atomic E-state index is 14.1. The SMILES string of the molecule is C=CC[C@@]1(C)C[C@H](c2cccc(Cl)c2)[C@@H](c2ccc(Cl)cc2)N([C@@H](CC)C[C@@H](C)O)C1=O.C=CC[C@@]1(C)C[C@H](c2cccc(Cl)c2)[C@@H](c2ccc(Cl)cc2)N([C@@H](CC)C[C@H](C)O)C1=O. The Morgan fingerprint density at radius 1 is 0.594 bits per heavy atom. The zero-order chi connectivity index (χ0) is 46.9. The summed E-state index contributed by atoms with van der Waals surface area (Å²) >= 11 is 25.2. The molecule has 6 rings (SSSR count). The first-order valence-electron chi connectivity index (χ1n) is 22.6. The summed E-state index contributed by atoms with van der Waals surface area (Å²) in [7, 11) is 0. The second-order valence-corrected chi connectivity index (χ2v) is 20.3. The Kier molecular flexibility index (Phi) is 18.2. The van der Waals surface area contributed by atoms with Crippen LogP contribution in [0, 0.1) is 10.8 Å². The fraction of sp³-hybridized carbons (Fsp3) is 0.444. The number of aliphatic hydroxyl groups is 2. The third kappa shape index (κ3) is 12.0. The number of rotatable bonds is 16. The van der Waals surface area contributed by atoms with Gasteiger partial charge in [-0.2, -0.15) is 0 Å². The Balaban J connectivity index is 0.000000241. The van der Waals surface area contributed by atoms with Gasteiger partial charge in [-0.1, -0.05) is 135 Å². The molecule has 0 saturated carbocycles. The van der Waals surface area contributed by atoms with Gasteiger partial charge in [0.15, 0.2) is 0 Å². The minimum absolute atomic E-state index is 0.0422. The Morgan fingerprint density at radius 2 is 0.938 bits per heavy atom. The molecular formula is C54H66Cl4N2O4. The van der Waals surface area contributed by atoms with Crippen LogP contribution in [0.3, 0.4) is 0 Å². The molecule has 0 bridgehead atoms. The molecule has 0 aliphatic carbocycles. The third-order valence-electron chi connectivity index (χ3n) is 13.3. The standard InChI is InChI=1S/2C27H33Cl2NO2/c2*1-5-14-27(4)17-24(20-8-7-9-22(29)16-20)25(19-10-12-21(28)13-11-19)30(26(27)32)23(6-2)15-18(3)31/h2*5,7-13,16,18,23-25,31H,1,6,14-15,17H2,2-4H3/t18-,23+,24-,25-,27+;18-,23-,24+,25+,27-/m10/s1. The molecule has 10 atom stereocenters. The van der Waals surface area contributed by atoms with Gasteiger partial charge in [-0.15, -0.1) is 13.2 Å². The van der Waals surface area contributed by atoms with Crippen LogP contribution in [0.15, 0.2) is 122 Å². The summed E-state index contributed by atoms with van der Waals surface area (Å²) < 4.78 is 0. The van der Waals surface area contributed by atoms with E-state index in [0.29, 0.717) is 58.6 Å². The van der Waals surface area contributed by atoms with E-state index in [1.54, 1.807) is 13.8 Å². The lowest BCUT2D eigenvalue weighted by molar-refractivity contribution is -0.156. The summed E-state index contributed by atoms with van der Waals surface area (Å²) in [4.78, 5) is 32.2. The quantitative estimate of drug-likeness (QED) is 0.110. The molecule has 2 saturated heterocycles. The lowest BCUT2D eigenvalue weighted by Crippen LogP contribution is -2.55. The number of piperidine rings is 2. The summed E-state index contributed by atoms with van der Waals surface area (Å²) in [6.45, 7) is 19.6. The van der Waals surface area contributed by atoms with E-state index in [4.69, 9.17) is 46.4 Å². The predicted molar refractivity (Wildman–Crippen MR) is 266 cm³/mol. The summed E-state index contributed by atoms with van der Waals surface area (Å²) in [5.74, 6) is 0.312. The van der Waals surface area contributed by atoms with Crippen molar-refractivity contribution in [2.75, 3.05) is 0 Å². The van der Waals surface area contributed by atoms with Gasteiger partial charge in [0.1, 0.15) is 0 Å². The van der Waals surface area contributed by atoms with Crippen LogP contribution in [-0.4, -0.2) is 56.1 Å². The van der Waals surface area contributed by atoms with Gasteiger partial charge in [-0.25, -0.2) is 0 Å². The molecule has 2 aliphatic heterocycles. The second-order valence-electron chi connectivity index (χ2n) is 18.5. The van der Waals surface area contributed by atoms with E-state index in [0.717, 1.165) is 35.1 Å². The smallest absolute Gasteiger partial charge is 0.229 e. The molecular weight excluding hydrogens is 882 g/mol. The maximum Gasteiger partial charge on any atom is 0.229 e. The van der Waals surface area contributed by atoms with E-state index >= 15 is 0 Å². The number of amides is 2. The van der Waals surface area contributed by atoms with Crippen LogP contribution in [0.2, 0.25) is 20.1 Å². The highest BCUT2D eigenvalue weighted by molar-refractivity contribution is 6.31. The molecule has 4 aromatic rings. The molecule has 2 aliphatic rings. The van der Waals surface area contributed by atoms with Gasteiger partial charge in [-0.3, -0.25) is 9.59 Å². The van der Waals surface area contributed by atoms with Gasteiger partial charge in [-0.05, 0) is 136 Å². The van der Waals surface area contributed by atoms with Gasteiger partial charge in [0.2, 0.25) is 11.8 Å². The molecule has 6 nitrogen and oxygen atoms in total. The van der Waals surface area contributed by atoms with Crippen molar-refractivity contribution in [1.82, 2.24) is 9.80 Å². The van der Waals surface area contributed by atoms with Crippen molar-refractivity contribution >= 4 is 58.2 Å². The summed E-state index contributed by atoms with van der Waals surface area (Å²) in [6.07, 6.45) is 7.80. The van der Waals surface area contributed by atoms with Gasteiger partial charge in [0, 0.05) is 44.0 Å². The average Bonchev–Trinajstić information content (AvgIpc) is 3.25. The van der Waals surface area contributed by atoms with Crippen molar-refractivity contribution in [2.45, 2.75) is 141 Å². The Hall–Kier alpha value is -3.62. The first-order valence-corrected chi connectivity index (χ1v) is 24.2. The lowest BCUT2D eigenvalue weighted by atomic mass is 9.67. The van der Waals surface area contributed by atoms with E-state index in [9.17, 15) is 19.8 Å². The van der Waals surface area contributed by atoms with Crippen molar-refractivity contribution in [1.29, 1.82) is 0 Å². The number of allylic oxidation sites excluding steroid dienone is 2. The topological polar surface area (TPSA) is 81.1 Å². The van der Waals surface area contributed by atoms with E-state index < -0.39 is 23.0 Å². The zero-order valence-electron chi connectivity index (χ0n) is 38.2. The Bertz CT molecular complexity index is 2040. The highest BCUT2D eigenvalue weighted by atomic mass is 35.5. The molecule has 64 heavy (non-hydrogen) atoms. The van der Waals surface area contributed by atoms with Gasteiger partial charge < -0.3 is 20.0 Å². The van der Waals surface area contributed by atoms with Crippen molar-refractivity contribution in [2.24, 2.45) is 10.8 Å². The molecule has 2 fully saturated rings. The average molecular weight is 949 g/mol. The first kappa shape index (κ1) is 51.4. The van der Waals surface area contributed by atoms with Crippen LogP contribution in [0.5, 0.6) is 0 Å². The van der Waals surface area contributed by atoms with Gasteiger partial charge in [0.25, 0.3) is 0 Å². The van der Waals surface area contributed by atoms with Gasteiger partial charge in [0.05, 0.1) is 35.1 Å². The van der Waals surface area contributed by atoms with Crippen LogP contribution in [-0.2, 0) is 9.59 Å². The maximum absolute atomic E-state index is 14.1. The molecule has 0 aromatic heterocycles. The van der Waals surface area contributed by atoms with Gasteiger partial charge >= 0.3 is 0 Å². The molecule has 4 aromatic carbocycles. The van der Waals surface area contributed by atoms with Crippen LogP contribution in [0.4, 0.5) is 0 Å². The molecule has 0 unspecified atom stereocenters. The van der Waals surface area contributed by atoms with E-state index in [1.807, 2.05) is 121 Å². The number of hydrogen-bond acceptors (Lipinski definition) is 4. The minimum atomic E-state index is -0.580. The van der Waals surface area contributed by atoms with Crippen molar-refractivity contribution in [3.05, 3.63) is 165 Å². The third-order valence-corrected chi connectivity index (χ3v) is 14.3.